The number of hydrogen-bond donors (Lipinski definition) is 1. The van der Waals surface area contributed by atoms with Crippen molar-refractivity contribution in [3.63, 3.8) is 0 Å². The monoisotopic (exact) mass is 243 g/mol. The third-order valence-corrected chi connectivity index (χ3v) is 3.73. The standard InChI is InChI=1S/C12H21NO2S/c1-12(2,3)15-11(14)13-8-4-5-9(13)7-10(16)6-8/h8-10,16H,4-7H2,1-3H3/t8-,9+,10?. The molecule has 0 spiro atoms. The molecule has 2 bridgehead atoms. The molecule has 1 amide bonds. The summed E-state index contributed by atoms with van der Waals surface area (Å²) >= 11 is 4.54. The van der Waals surface area contributed by atoms with Gasteiger partial charge in [0.15, 0.2) is 0 Å². The van der Waals surface area contributed by atoms with Crippen molar-refractivity contribution >= 4 is 18.7 Å². The summed E-state index contributed by atoms with van der Waals surface area (Å²) in [5.74, 6) is 0. The van der Waals surface area contributed by atoms with Crippen LogP contribution in [0.15, 0.2) is 0 Å². The number of thiol groups is 1. The van der Waals surface area contributed by atoms with Gasteiger partial charge in [-0.15, -0.1) is 0 Å². The predicted molar refractivity (Wildman–Crippen MR) is 66.9 cm³/mol. The molecule has 1 unspecified atom stereocenters. The number of fused-ring (bicyclic) bond motifs is 2. The van der Waals surface area contributed by atoms with E-state index in [-0.39, 0.29) is 6.09 Å². The Morgan fingerprint density at radius 2 is 1.75 bits per heavy atom. The van der Waals surface area contributed by atoms with E-state index in [2.05, 4.69) is 12.6 Å². The van der Waals surface area contributed by atoms with E-state index in [1.54, 1.807) is 0 Å². The third-order valence-electron chi connectivity index (χ3n) is 3.31. The van der Waals surface area contributed by atoms with Gasteiger partial charge in [0.25, 0.3) is 0 Å². The number of carbonyl (C=O) groups excluding carboxylic acids is 1. The number of hydrogen-bond acceptors (Lipinski definition) is 3. The van der Waals surface area contributed by atoms with Crippen molar-refractivity contribution in [1.82, 2.24) is 4.90 Å². The first-order valence-corrected chi connectivity index (χ1v) is 6.58. The second-order valence-electron chi connectivity index (χ2n) is 5.90. The second kappa shape index (κ2) is 4.13. The maximum atomic E-state index is 12.1. The van der Waals surface area contributed by atoms with Gasteiger partial charge in [0, 0.05) is 17.3 Å². The Balaban J connectivity index is 2.03. The number of nitrogens with zero attached hydrogens (tertiary/aromatic N) is 1. The van der Waals surface area contributed by atoms with E-state index in [0.717, 1.165) is 25.7 Å². The van der Waals surface area contributed by atoms with Crippen molar-refractivity contribution in [3.8, 4) is 0 Å². The van der Waals surface area contributed by atoms with E-state index in [1.165, 1.54) is 0 Å². The van der Waals surface area contributed by atoms with Crippen LogP contribution in [-0.2, 0) is 4.74 Å². The molecule has 0 N–H and O–H groups in total. The van der Waals surface area contributed by atoms with Gasteiger partial charge >= 0.3 is 6.09 Å². The SMILES string of the molecule is CC(C)(C)OC(=O)N1[C@@H]2CC[C@H]1CC(S)C2. The number of piperidine rings is 1. The van der Waals surface area contributed by atoms with E-state index in [4.69, 9.17) is 4.74 Å². The van der Waals surface area contributed by atoms with E-state index < -0.39 is 5.60 Å². The molecule has 2 aliphatic heterocycles. The molecule has 0 saturated carbocycles. The van der Waals surface area contributed by atoms with Crippen molar-refractivity contribution in [2.24, 2.45) is 0 Å². The van der Waals surface area contributed by atoms with Gasteiger partial charge in [-0.3, -0.25) is 0 Å². The molecule has 2 rings (SSSR count). The molecular formula is C12H21NO2S. The first-order valence-electron chi connectivity index (χ1n) is 6.06. The zero-order chi connectivity index (χ0) is 11.9. The smallest absolute Gasteiger partial charge is 0.410 e. The molecule has 0 aliphatic carbocycles. The van der Waals surface area contributed by atoms with Crippen molar-refractivity contribution in [2.45, 2.75) is 69.4 Å². The lowest BCUT2D eigenvalue weighted by Crippen LogP contribution is -2.48. The topological polar surface area (TPSA) is 29.5 Å². The fourth-order valence-electron chi connectivity index (χ4n) is 2.76. The Labute approximate surface area is 103 Å². The predicted octanol–water partition coefficient (Wildman–Crippen LogP) is 2.85. The van der Waals surface area contributed by atoms with E-state index in [9.17, 15) is 4.79 Å². The Hall–Kier alpha value is -0.380. The third kappa shape index (κ3) is 2.47. The lowest BCUT2D eigenvalue weighted by molar-refractivity contribution is 0.00848. The number of rotatable bonds is 0. The highest BCUT2D eigenvalue weighted by molar-refractivity contribution is 7.80. The van der Waals surface area contributed by atoms with E-state index >= 15 is 0 Å². The minimum atomic E-state index is -0.395. The second-order valence-corrected chi connectivity index (χ2v) is 6.63. The molecule has 3 nitrogen and oxygen atoms in total. The fourth-order valence-corrected chi connectivity index (χ4v) is 3.25. The van der Waals surface area contributed by atoms with Crippen LogP contribution in [0.3, 0.4) is 0 Å². The Kier molecular flexibility index (Phi) is 3.12. The maximum absolute atomic E-state index is 12.1. The zero-order valence-corrected chi connectivity index (χ0v) is 11.2. The molecule has 3 atom stereocenters. The zero-order valence-electron chi connectivity index (χ0n) is 10.3. The molecule has 16 heavy (non-hydrogen) atoms. The van der Waals surface area contributed by atoms with Crippen LogP contribution in [0.25, 0.3) is 0 Å². The van der Waals surface area contributed by atoms with Crippen LogP contribution < -0.4 is 0 Å². The molecule has 2 heterocycles. The molecule has 0 radical (unpaired) electrons. The molecule has 0 aromatic heterocycles. The summed E-state index contributed by atoms with van der Waals surface area (Å²) in [6, 6.07) is 0.715. The van der Waals surface area contributed by atoms with Crippen LogP contribution in [0.1, 0.15) is 46.5 Å². The minimum Gasteiger partial charge on any atom is -0.444 e. The Morgan fingerprint density at radius 3 is 2.19 bits per heavy atom. The lowest BCUT2D eigenvalue weighted by atomic mass is 10.0. The summed E-state index contributed by atoms with van der Waals surface area (Å²) in [4.78, 5) is 14.0. The highest BCUT2D eigenvalue weighted by Gasteiger charge is 2.43. The summed E-state index contributed by atoms with van der Waals surface area (Å²) < 4.78 is 5.46. The molecule has 2 aliphatic rings. The van der Waals surface area contributed by atoms with Gasteiger partial charge in [-0.25, -0.2) is 4.79 Å². The van der Waals surface area contributed by atoms with Gasteiger partial charge in [-0.2, -0.15) is 12.6 Å². The highest BCUT2D eigenvalue weighted by Crippen LogP contribution is 2.38. The summed E-state index contributed by atoms with van der Waals surface area (Å²) in [5, 5.41) is 0.455. The average Bonchev–Trinajstić information content (AvgIpc) is 2.36. The molecule has 0 aromatic carbocycles. The van der Waals surface area contributed by atoms with Crippen LogP contribution in [0, 0.1) is 0 Å². The van der Waals surface area contributed by atoms with Gasteiger partial charge in [-0.05, 0) is 46.5 Å². The fraction of sp³-hybridized carbons (Fsp3) is 0.917. The van der Waals surface area contributed by atoms with E-state index in [0.29, 0.717) is 17.3 Å². The average molecular weight is 243 g/mol. The van der Waals surface area contributed by atoms with Crippen molar-refractivity contribution in [3.05, 3.63) is 0 Å². The van der Waals surface area contributed by atoms with Crippen molar-refractivity contribution in [1.29, 1.82) is 0 Å². The first kappa shape index (κ1) is 12.1. The van der Waals surface area contributed by atoms with Gasteiger partial charge < -0.3 is 9.64 Å². The Morgan fingerprint density at radius 1 is 1.25 bits per heavy atom. The van der Waals surface area contributed by atoms with Gasteiger partial charge in [0.2, 0.25) is 0 Å². The number of amides is 1. The molecular weight excluding hydrogens is 222 g/mol. The first-order chi connectivity index (χ1) is 7.37. The van der Waals surface area contributed by atoms with Crippen molar-refractivity contribution < 1.29 is 9.53 Å². The Bertz CT molecular complexity index is 273. The van der Waals surface area contributed by atoms with Crippen LogP contribution in [-0.4, -0.2) is 33.9 Å². The normalized spacial score (nSPS) is 34.0. The maximum Gasteiger partial charge on any atom is 0.410 e. The molecule has 0 aromatic rings. The lowest BCUT2D eigenvalue weighted by Gasteiger charge is -2.38. The molecule has 92 valence electrons. The summed E-state index contributed by atoms with van der Waals surface area (Å²) in [6.45, 7) is 5.74. The van der Waals surface area contributed by atoms with Gasteiger partial charge in [0.1, 0.15) is 5.60 Å². The molecule has 2 fully saturated rings. The van der Waals surface area contributed by atoms with Crippen molar-refractivity contribution in [2.75, 3.05) is 0 Å². The van der Waals surface area contributed by atoms with Crippen LogP contribution in [0.2, 0.25) is 0 Å². The highest BCUT2D eigenvalue weighted by atomic mass is 32.1. The molecule has 2 saturated heterocycles. The summed E-state index contributed by atoms with van der Waals surface area (Å²) in [6.07, 6.45) is 4.11. The van der Waals surface area contributed by atoms with Gasteiger partial charge in [-0.1, -0.05) is 0 Å². The summed E-state index contributed by atoms with van der Waals surface area (Å²) in [5.41, 5.74) is -0.395. The van der Waals surface area contributed by atoms with E-state index in [1.807, 2.05) is 25.7 Å². The largest absolute Gasteiger partial charge is 0.444 e. The van der Waals surface area contributed by atoms with Gasteiger partial charge in [0.05, 0.1) is 0 Å². The van der Waals surface area contributed by atoms with Crippen LogP contribution in [0.5, 0.6) is 0 Å². The number of carbonyl (C=O) groups is 1. The number of ether oxygens (including phenoxy) is 1. The van der Waals surface area contributed by atoms with Crippen LogP contribution in [0.4, 0.5) is 4.79 Å². The molecule has 4 heteroatoms. The summed E-state index contributed by atoms with van der Waals surface area (Å²) in [7, 11) is 0. The quantitative estimate of drug-likeness (QED) is 0.663. The minimum absolute atomic E-state index is 0.139. The van der Waals surface area contributed by atoms with Crippen LogP contribution >= 0.6 is 12.6 Å².